The highest BCUT2D eigenvalue weighted by atomic mass is 32.1. The van der Waals surface area contributed by atoms with Crippen LogP contribution in [0, 0.1) is 0 Å². The van der Waals surface area contributed by atoms with Crippen molar-refractivity contribution in [3.05, 3.63) is 83.4 Å². The maximum atomic E-state index is 12.3. The van der Waals surface area contributed by atoms with E-state index in [2.05, 4.69) is 44.6 Å². The van der Waals surface area contributed by atoms with Gasteiger partial charge in [-0.05, 0) is 58.1 Å². The van der Waals surface area contributed by atoms with Crippen molar-refractivity contribution in [1.82, 2.24) is 10.6 Å². The third kappa shape index (κ3) is 5.63. The molecule has 27 heavy (non-hydrogen) atoms. The van der Waals surface area contributed by atoms with E-state index >= 15 is 0 Å². The van der Waals surface area contributed by atoms with Crippen LogP contribution in [0.15, 0.2) is 55.6 Å². The fourth-order valence-electron chi connectivity index (χ4n) is 2.62. The molecule has 0 saturated heterocycles. The summed E-state index contributed by atoms with van der Waals surface area (Å²) in [6.07, 6.45) is 3.59. The number of amides is 1. The molecule has 0 saturated carbocycles. The summed E-state index contributed by atoms with van der Waals surface area (Å²) < 4.78 is 0. The summed E-state index contributed by atoms with van der Waals surface area (Å²) in [5.41, 5.74) is 4.90. The van der Waals surface area contributed by atoms with Crippen molar-refractivity contribution in [2.45, 2.75) is 32.7 Å². The maximum absolute atomic E-state index is 12.3. The topological polar surface area (TPSA) is 41.1 Å². The Hall–Kier alpha value is -2.72. The molecule has 140 valence electrons. The largest absolute Gasteiger partial charge is 0.358 e. The first-order valence-corrected chi connectivity index (χ1v) is 9.23. The van der Waals surface area contributed by atoms with Crippen LogP contribution >= 0.6 is 12.2 Å². The third-order valence-electron chi connectivity index (χ3n) is 4.28. The summed E-state index contributed by atoms with van der Waals surface area (Å²) in [5.74, 6) is -0.221. The van der Waals surface area contributed by atoms with Crippen LogP contribution in [0.1, 0.15) is 53.4 Å². The van der Waals surface area contributed by atoms with E-state index in [-0.39, 0.29) is 11.3 Å². The van der Waals surface area contributed by atoms with E-state index in [0.717, 1.165) is 16.7 Å². The second-order valence-electron chi connectivity index (χ2n) is 7.34. The Morgan fingerprint density at radius 3 is 2.22 bits per heavy atom. The summed E-state index contributed by atoms with van der Waals surface area (Å²) in [6, 6.07) is 13.6. The fourth-order valence-corrected chi connectivity index (χ4v) is 2.79. The Morgan fingerprint density at radius 2 is 1.67 bits per heavy atom. The average Bonchev–Trinajstić information content (AvgIpc) is 2.65. The SMILES string of the molecule is C=Cc1ccc(CNC(=S)NC(=O)c2ccc(C(C)(C)C)cc2)cc1C=C. The number of hydrogen-bond donors (Lipinski definition) is 2. The molecule has 0 spiro atoms. The Kier molecular flexibility index (Phi) is 6.70. The van der Waals surface area contributed by atoms with Gasteiger partial charge in [-0.25, -0.2) is 0 Å². The van der Waals surface area contributed by atoms with Crippen LogP contribution in [0.3, 0.4) is 0 Å². The predicted molar refractivity (Wildman–Crippen MR) is 119 cm³/mol. The first-order chi connectivity index (χ1) is 12.7. The Labute approximate surface area is 167 Å². The van der Waals surface area contributed by atoms with E-state index in [4.69, 9.17) is 12.2 Å². The van der Waals surface area contributed by atoms with Gasteiger partial charge in [0, 0.05) is 12.1 Å². The zero-order valence-electron chi connectivity index (χ0n) is 16.1. The number of carbonyl (C=O) groups is 1. The van der Waals surface area contributed by atoms with Crippen molar-refractivity contribution in [3.8, 4) is 0 Å². The van der Waals surface area contributed by atoms with E-state index in [9.17, 15) is 4.79 Å². The zero-order chi connectivity index (χ0) is 20.0. The molecule has 3 nitrogen and oxygen atoms in total. The number of rotatable bonds is 5. The standard InChI is InChI=1S/C23H26N2OS/c1-6-17-9-8-16(14-18(17)7-2)15-24-22(27)25-21(26)19-10-12-20(13-11-19)23(3,4)5/h6-14H,1-2,15H2,3-5H3,(H2,24,25,26,27). The molecule has 2 aromatic rings. The minimum atomic E-state index is -0.221. The Morgan fingerprint density at radius 1 is 1.04 bits per heavy atom. The lowest BCUT2D eigenvalue weighted by Crippen LogP contribution is -2.38. The number of benzene rings is 2. The van der Waals surface area contributed by atoms with Gasteiger partial charge >= 0.3 is 0 Å². The molecule has 0 aliphatic carbocycles. The number of carbonyl (C=O) groups excluding carboxylic acids is 1. The van der Waals surface area contributed by atoms with Gasteiger partial charge in [-0.1, -0.05) is 70.3 Å². The molecular weight excluding hydrogens is 352 g/mol. The van der Waals surface area contributed by atoms with Crippen molar-refractivity contribution >= 4 is 35.4 Å². The molecule has 0 radical (unpaired) electrons. The lowest BCUT2D eigenvalue weighted by Gasteiger charge is -2.19. The third-order valence-corrected chi connectivity index (χ3v) is 4.53. The number of thiocarbonyl (C=S) groups is 1. The lowest BCUT2D eigenvalue weighted by molar-refractivity contribution is 0.0976. The highest BCUT2D eigenvalue weighted by Crippen LogP contribution is 2.22. The molecule has 2 rings (SSSR count). The molecule has 0 aliphatic rings. The van der Waals surface area contributed by atoms with Gasteiger partial charge in [0.2, 0.25) is 0 Å². The smallest absolute Gasteiger partial charge is 0.257 e. The van der Waals surface area contributed by atoms with Crippen LogP contribution in [-0.2, 0) is 12.0 Å². The normalized spacial score (nSPS) is 10.8. The molecule has 0 unspecified atom stereocenters. The monoisotopic (exact) mass is 378 g/mol. The van der Waals surface area contributed by atoms with E-state index < -0.39 is 0 Å². The molecule has 2 N–H and O–H groups in total. The zero-order valence-corrected chi connectivity index (χ0v) is 17.0. The van der Waals surface area contributed by atoms with Gasteiger partial charge in [-0.3, -0.25) is 10.1 Å². The van der Waals surface area contributed by atoms with Gasteiger partial charge < -0.3 is 5.32 Å². The summed E-state index contributed by atoms with van der Waals surface area (Å²) in [4.78, 5) is 12.3. The van der Waals surface area contributed by atoms with Gasteiger partial charge in [0.05, 0.1) is 0 Å². The first kappa shape index (κ1) is 20.6. The summed E-state index contributed by atoms with van der Waals surface area (Å²) in [7, 11) is 0. The molecule has 0 aromatic heterocycles. The minimum Gasteiger partial charge on any atom is -0.358 e. The van der Waals surface area contributed by atoms with Gasteiger partial charge in [-0.2, -0.15) is 0 Å². The average molecular weight is 379 g/mol. The molecule has 0 bridgehead atoms. The maximum Gasteiger partial charge on any atom is 0.257 e. The van der Waals surface area contributed by atoms with Crippen LogP contribution in [0.5, 0.6) is 0 Å². The van der Waals surface area contributed by atoms with Crippen LogP contribution in [0.4, 0.5) is 0 Å². The predicted octanol–water partition coefficient (Wildman–Crippen LogP) is 5.07. The second-order valence-corrected chi connectivity index (χ2v) is 7.74. The second kappa shape index (κ2) is 8.78. The van der Waals surface area contributed by atoms with Crippen molar-refractivity contribution in [2.75, 3.05) is 0 Å². The van der Waals surface area contributed by atoms with Gasteiger partial charge in [0.1, 0.15) is 0 Å². The van der Waals surface area contributed by atoms with Crippen LogP contribution in [0.2, 0.25) is 0 Å². The van der Waals surface area contributed by atoms with Gasteiger partial charge in [0.15, 0.2) is 5.11 Å². The number of nitrogens with one attached hydrogen (secondary N) is 2. The Bertz CT molecular complexity index is 861. The van der Waals surface area contributed by atoms with E-state index in [1.165, 1.54) is 5.56 Å². The molecule has 0 atom stereocenters. The molecular formula is C23H26N2OS. The summed E-state index contributed by atoms with van der Waals surface area (Å²) in [6.45, 7) is 14.5. The lowest BCUT2D eigenvalue weighted by atomic mass is 9.87. The molecule has 1 amide bonds. The van der Waals surface area contributed by atoms with Crippen molar-refractivity contribution < 1.29 is 4.79 Å². The summed E-state index contributed by atoms with van der Waals surface area (Å²) in [5, 5.41) is 6.08. The highest BCUT2D eigenvalue weighted by Gasteiger charge is 2.14. The van der Waals surface area contributed by atoms with Crippen molar-refractivity contribution in [2.24, 2.45) is 0 Å². The van der Waals surface area contributed by atoms with Crippen molar-refractivity contribution in [1.29, 1.82) is 0 Å². The van der Waals surface area contributed by atoms with Crippen LogP contribution in [-0.4, -0.2) is 11.0 Å². The van der Waals surface area contributed by atoms with Crippen LogP contribution in [0.25, 0.3) is 12.2 Å². The highest BCUT2D eigenvalue weighted by molar-refractivity contribution is 7.80. The molecule has 0 aliphatic heterocycles. The summed E-state index contributed by atoms with van der Waals surface area (Å²) >= 11 is 5.24. The quantitative estimate of drug-likeness (QED) is 0.713. The minimum absolute atomic E-state index is 0.0529. The van der Waals surface area contributed by atoms with Gasteiger partial charge in [0.25, 0.3) is 5.91 Å². The number of hydrogen-bond acceptors (Lipinski definition) is 2. The van der Waals surface area contributed by atoms with E-state index in [1.54, 1.807) is 12.2 Å². The fraction of sp³-hybridized carbons (Fsp3) is 0.217. The van der Waals surface area contributed by atoms with Crippen molar-refractivity contribution in [3.63, 3.8) is 0 Å². The van der Waals surface area contributed by atoms with E-state index in [1.807, 2.05) is 42.5 Å². The Balaban J connectivity index is 1.94. The van der Waals surface area contributed by atoms with E-state index in [0.29, 0.717) is 17.2 Å². The molecule has 0 heterocycles. The first-order valence-electron chi connectivity index (χ1n) is 8.82. The molecule has 0 fully saturated rings. The van der Waals surface area contributed by atoms with Crippen LogP contribution < -0.4 is 10.6 Å². The molecule has 4 heteroatoms. The molecule has 2 aromatic carbocycles. The van der Waals surface area contributed by atoms with Gasteiger partial charge in [-0.15, -0.1) is 0 Å².